The molecule has 2 aliphatic rings. The lowest BCUT2D eigenvalue weighted by Gasteiger charge is -2.37. The molecule has 0 unspecified atom stereocenters. The lowest BCUT2D eigenvalue weighted by Crippen LogP contribution is -2.53. The summed E-state index contributed by atoms with van der Waals surface area (Å²) in [6, 6.07) is 0. The Labute approximate surface area is 134 Å². The van der Waals surface area contributed by atoms with Crippen LogP contribution in [0.3, 0.4) is 0 Å². The standard InChI is InChI=1S/C16H31FN4O/c1-16(2,3)4-5-18-6-8-19(9-7-18)14-15(22)20-10-12-21(17)13-11-20/h4-14H2,1-3H3. The number of piperazine rings is 2. The highest BCUT2D eigenvalue weighted by atomic mass is 19.2. The number of hydrogen-bond donors (Lipinski definition) is 0. The van der Waals surface area contributed by atoms with E-state index in [9.17, 15) is 9.28 Å². The number of carbonyl (C=O) groups excluding carboxylic acids is 1. The summed E-state index contributed by atoms with van der Waals surface area (Å²) in [5, 5.41) is 0.789. The van der Waals surface area contributed by atoms with Crippen molar-refractivity contribution in [1.29, 1.82) is 0 Å². The summed E-state index contributed by atoms with van der Waals surface area (Å²) in [6.07, 6.45) is 1.21. The van der Waals surface area contributed by atoms with E-state index < -0.39 is 0 Å². The van der Waals surface area contributed by atoms with Crippen LogP contribution >= 0.6 is 0 Å². The van der Waals surface area contributed by atoms with Crippen molar-refractivity contribution in [3.8, 4) is 0 Å². The molecule has 0 N–H and O–H groups in total. The van der Waals surface area contributed by atoms with Crippen LogP contribution in [0.5, 0.6) is 0 Å². The molecule has 128 valence electrons. The maximum atomic E-state index is 13.0. The Hall–Kier alpha value is -0.720. The molecule has 0 atom stereocenters. The summed E-state index contributed by atoms with van der Waals surface area (Å²) in [4.78, 5) is 18.8. The molecular formula is C16H31FN4O. The lowest BCUT2D eigenvalue weighted by atomic mass is 9.92. The van der Waals surface area contributed by atoms with Gasteiger partial charge in [0.1, 0.15) is 0 Å². The van der Waals surface area contributed by atoms with Gasteiger partial charge in [-0.05, 0) is 18.4 Å². The zero-order valence-corrected chi connectivity index (χ0v) is 14.4. The number of carbonyl (C=O) groups is 1. The molecule has 6 heteroatoms. The first-order valence-corrected chi connectivity index (χ1v) is 8.47. The molecule has 2 fully saturated rings. The number of hydrogen-bond acceptors (Lipinski definition) is 4. The molecule has 1 amide bonds. The second kappa shape index (κ2) is 7.70. The molecule has 0 radical (unpaired) electrons. The zero-order chi connectivity index (χ0) is 16.2. The van der Waals surface area contributed by atoms with Crippen molar-refractivity contribution in [2.75, 3.05) is 65.4 Å². The van der Waals surface area contributed by atoms with Crippen molar-refractivity contribution >= 4 is 5.91 Å². The van der Waals surface area contributed by atoms with Crippen molar-refractivity contribution < 1.29 is 9.28 Å². The van der Waals surface area contributed by atoms with Gasteiger partial charge in [-0.25, -0.2) is 0 Å². The molecule has 0 aromatic rings. The fraction of sp³-hybridized carbons (Fsp3) is 0.938. The summed E-state index contributed by atoms with van der Waals surface area (Å²) in [5.41, 5.74) is 0.381. The van der Waals surface area contributed by atoms with Crippen LogP contribution in [0.1, 0.15) is 27.2 Å². The van der Waals surface area contributed by atoms with Crippen LogP contribution < -0.4 is 0 Å². The quantitative estimate of drug-likeness (QED) is 0.726. The molecule has 0 spiro atoms. The van der Waals surface area contributed by atoms with Crippen LogP contribution in [0, 0.1) is 5.41 Å². The van der Waals surface area contributed by atoms with Gasteiger partial charge in [0.2, 0.25) is 5.91 Å². The first-order valence-electron chi connectivity index (χ1n) is 8.47. The predicted molar refractivity (Wildman–Crippen MR) is 86.2 cm³/mol. The summed E-state index contributed by atoms with van der Waals surface area (Å²) in [7, 11) is 0. The van der Waals surface area contributed by atoms with Gasteiger partial charge in [-0.1, -0.05) is 20.8 Å². The van der Waals surface area contributed by atoms with Crippen LogP contribution in [-0.4, -0.2) is 91.2 Å². The normalized spacial score (nSPS) is 23.0. The SMILES string of the molecule is CC(C)(C)CCN1CCN(CC(=O)N2CCN(F)CC2)CC1. The highest BCUT2D eigenvalue weighted by Gasteiger charge is 2.25. The maximum absolute atomic E-state index is 13.0. The third-order valence-corrected chi connectivity index (χ3v) is 4.58. The molecule has 2 saturated heterocycles. The summed E-state index contributed by atoms with van der Waals surface area (Å²) >= 11 is 0. The highest BCUT2D eigenvalue weighted by Crippen LogP contribution is 2.19. The lowest BCUT2D eigenvalue weighted by molar-refractivity contribution is -0.137. The summed E-state index contributed by atoms with van der Waals surface area (Å²) < 4.78 is 13.0. The van der Waals surface area contributed by atoms with Crippen LogP contribution in [-0.2, 0) is 4.79 Å². The molecule has 2 aliphatic heterocycles. The molecule has 0 saturated carbocycles. The van der Waals surface area contributed by atoms with E-state index in [1.165, 1.54) is 6.42 Å². The smallest absolute Gasteiger partial charge is 0.236 e. The van der Waals surface area contributed by atoms with Crippen molar-refractivity contribution in [2.24, 2.45) is 5.41 Å². The topological polar surface area (TPSA) is 30.0 Å². The van der Waals surface area contributed by atoms with Crippen LogP contribution in [0.25, 0.3) is 0 Å². The van der Waals surface area contributed by atoms with E-state index in [0.717, 1.165) is 37.8 Å². The van der Waals surface area contributed by atoms with E-state index in [0.29, 0.717) is 38.1 Å². The maximum Gasteiger partial charge on any atom is 0.236 e. The molecule has 0 bridgehead atoms. The third-order valence-electron chi connectivity index (χ3n) is 4.58. The van der Waals surface area contributed by atoms with Gasteiger partial charge in [0.15, 0.2) is 0 Å². The van der Waals surface area contributed by atoms with Gasteiger partial charge in [0.05, 0.1) is 6.54 Å². The molecule has 2 rings (SSSR count). The first kappa shape index (κ1) is 17.6. The number of amides is 1. The van der Waals surface area contributed by atoms with E-state index in [1.54, 1.807) is 4.90 Å². The van der Waals surface area contributed by atoms with Crippen molar-refractivity contribution in [1.82, 2.24) is 19.8 Å². The van der Waals surface area contributed by atoms with Crippen molar-refractivity contribution in [3.05, 3.63) is 0 Å². The summed E-state index contributed by atoms with van der Waals surface area (Å²) in [5.74, 6) is 0.149. The Morgan fingerprint density at radius 2 is 1.45 bits per heavy atom. The number of halogens is 1. The third kappa shape index (κ3) is 5.82. The van der Waals surface area contributed by atoms with E-state index in [2.05, 4.69) is 30.6 Å². The van der Waals surface area contributed by atoms with Gasteiger partial charge in [-0.2, -0.15) is 0 Å². The Bertz CT molecular complexity index is 356. The fourth-order valence-corrected chi connectivity index (χ4v) is 2.89. The summed E-state index contributed by atoms with van der Waals surface area (Å²) in [6.45, 7) is 14.2. The molecule has 0 aliphatic carbocycles. The van der Waals surface area contributed by atoms with E-state index in [4.69, 9.17) is 0 Å². The molecule has 0 aromatic carbocycles. The average Bonchev–Trinajstić information content (AvgIpc) is 2.46. The molecule has 2 heterocycles. The minimum Gasteiger partial charge on any atom is -0.339 e. The van der Waals surface area contributed by atoms with Gasteiger partial charge < -0.3 is 9.80 Å². The second-order valence-corrected chi connectivity index (χ2v) is 7.72. The number of rotatable bonds is 4. The van der Waals surface area contributed by atoms with Crippen LogP contribution in [0.15, 0.2) is 0 Å². The average molecular weight is 314 g/mol. The van der Waals surface area contributed by atoms with Crippen molar-refractivity contribution in [2.45, 2.75) is 27.2 Å². The van der Waals surface area contributed by atoms with E-state index in [1.807, 2.05) is 0 Å². The zero-order valence-electron chi connectivity index (χ0n) is 14.4. The van der Waals surface area contributed by atoms with E-state index in [-0.39, 0.29) is 5.91 Å². The van der Waals surface area contributed by atoms with Crippen LogP contribution in [0.2, 0.25) is 0 Å². The monoisotopic (exact) mass is 314 g/mol. The highest BCUT2D eigenvalue weighted by molar-refractivity contribution is 5.78. The minimum atomic E-state index is 0.149. The van der Waals surface area contributed by atoms with Crippen LogP contribution in [0.4, 0.5) is 4.48 Å². The van der Waals surface area contributed by atoms with Gasteiger partial charge in [-0.3, -0.25) is 9.69 Å². The number of nitrogens with zero attached hydrogens (tertiary/aromatic N) is 4. The van der Waals surface area contributed by atoms with Gasteiger partial charge in [0.25, 0.3) is 0 Å². The van der Waals surface area contributed by atoms with Gasteiger partial charge in [-0.15, -0.1) is 9.60 Å². The fourth-order valence-electron chi connectivity index (χ4n) is 2.89. The Morgan fingerprint density at radius 3 is 2.00 bits per heavy atom. The largest absolute Gasteiger partial charge is 0.339 e. The van der Waals surface area contributed by atoms with Crippen molar-refractivity contribution in [3.63, 3.8) is 0 Å². The molecule has 22 heavy (non-hydrogen) atoms. The predicted octanol–water partition coefficient (Wildman–Crippen LogP) is 1.07. The molecule has 5 nitrogen and oxygen atoms in total. The Kier molecular flexibility index (Phi) is 6.17. The second-order valence-electron chi connectivity index (χ2n) is 7.72. The first-order chi connectivity index (χ1) is 10.3. The van der Waals surface area contributed by atoms with Gasteiger partial charge >= 0.3 is 0 Å². The minimum absolute atomic E-state index is 0.149. The van der Waals surface area contributed by atoms with Gasteiger partial charge in [0, 0.05) is 52.4 Å². The molecular weight excluding hydrogens is 283 g/mol. The Morgan fingerprint density at radius 1 is 0.909 bits per heavy atom. The molecule has 0 aromatic heterocycles. The van der Waals surface area contributed by atoms with E-state index >= 15 is 0 Å². The Balaban J connectivity index is 1.65.